The lowest BCUT2D eigenvalue weighted by Gasteiger charge is -2.09. The van der Waals surface area contributed by atoms with Gasteiger partial charge in [0, 0.05) is 24.0 Å². The van der Waals surface area contributed by atoms with E-state index in [9.17, 15) is 4.79 Å². The SMILES string of the molecule is COc1ccc(NC(=O)c2ccncc2)c(N)c1. The predicted octanol–water partition coefficient (Wildman–Crippen LogP) is 1.92. The van der Waals surface area contributed by atoms with Crippen molar-refractivity contribution in [2.24, 2.45) is 0 Å². The topological polar surface area (TPSA) is 77.2 Å². The summed E-state index contributed by atoms with van der Waals surface area (Å²) in [5.41, 5.74) is 7.35. The third-order valence-electron chi connectivity index (χ3n) is 2.45. The van der Waals surface area contributed by atoms with Crippen molar-refractivity contribution in [1.29, 1.82) is 0 Å². The minimum atomic E-state index is -0.228. The van der Waals surface area contributed by atoms with Gasteiger partial charge in [-0.2, -0.15) is 0 Å². The fourth-order valence-corrected chi connectivity index (χ4v) is 1.48. The van der Waals surface area contributed by atoms with Crippen LogP contribution in [0.4, 0.5) is 11.4 Å². The van der Waals surface area contributed by atoms with Gasteiger partial charge in [-0.05, 0) is 24.3 Å². The van der Waals surface area contributed by atoms with E-state index in [1.165, 1.54) is 0 Å². The van der Waals surface area contributed by atoms with Crippen LogP contribution in [0.15, 0.2) is 42.7 Å². The second kappa shape index (κ2) is 5.18. The quantitative estimate of drug-likeness (QED) is 0.807. The lowest BCUT2D eigenvalue weighted by Crippen LogP contribution is -2.13. The number of amides is 1. The van der Waals surface area contributed by atoms with Crippen LogP contribution in [0.3, 0.4) is 0 Å². The van der Waals surface area contributed by atoms with Gasteiger partial charge >= 0.3 is 0 Å². The lowest BCUT2D eigenvalue weighted by molar-refractivity contribution is 0.102. The van der Waals surface area contributed by atoms with E-state index in [0.29, 0.717) is 22.7 Å². The van der Waals surface area contributed by atoms with Gasteiger partial charge in [-0.3, -0.25) is 9.78 Å². The molecular formula is C13H13N3O2. The molecule has 0 aliphatic heterocycles. The van der Waals surface area contributed by atoms with Crippen LogP contribution in [0.2, 0.25) is 0 Å². The Hall–Kier alpha value is -2.56. The minimum Gasteiger partial charge on any atom is -0.497 e. The van der Waals surface area contributed by atoms with Gasteiger partial charge < -0.3 is 15.8 Å². The monoisotopic (exact) mass is 243 g/mol. The number of pyridine rings is 1. The molecule has 0 unspecified atom stereocenters. The zero-order valence-electron chi connectivity index (χ0n) is 9.88. The van der Waals surface area contributed by atoms with Crippen LogP contribution >= 0.6 is 0 Å². The van der Waals surface area contributed by atoms with Crippen molar-refractivity contribution in [2.45, 2.75) is 0 Å². The van der Waals surface area contributed by atoms with Gasteiger partial charge in [0.15, 0.2) is 0 Å². The molecule has 2 rings (SSSR count). The molecule has 0 spiro atoms. The number of carbonyl (C=O) groups is 1. The Kier molecular flexibility index (Phi) is 3.43. The first-order valence-corrected chi connectivity index (χ1v) is 5.35. The molecule has 0 atom stereocenters. The largest absolute Gasteiger partial charge is 0.497 e. The van der Waals surface area contributed by atoms with Gasteiger partial charge in [0.1, 0.15) is 5.75 Å². The van der Waals surface area contributed by atoms with Crippen LogP contribution in [-0.2, 0) is 0 Å². The summed E-state index contributed by atoms with van der Waals surface area (Å²) in [5, 5.41) is 2.73. The Morgan fingerprint density at radius 1 is 1.28 bits per heavy atom. The summed E-state index contributed by atoms with van der Waals surface area (Å²) in [6.07, 6.45) is 3.12. The molecule has 0 fully saturated rings. The number of ether oxygens (including phenoxy) is 1. The van der Waals surface area contributed by atoms with E-state index in [4.69, 9.17) is 10.5 Å². The van der Waals surface area contributed by atoms with E-state index in [2.05, 4.69) is 10.3 Å². The fraction of sp³-hybridized carbons (Fsp3) is 0.0769. The Labute approximate surface area is 105 Å². The van der Waals surface area contributed by atoms with Gasteiger partial charge in [0.2, 0.25) is 0 Å². The number of methoxy groups -OCH3 is 1. The van der Waals surface area contributed by atoms with E-state index in [1.54, 1.807) is 49.8 Å². The molecular weight excluding hydrogens is 230 g/mol. The maximum absolute atomic E-state index is 11.9. The average molecular weight is 243 g/mol. The summed E-state index contributed by atoms with van der Waals surface area (Å²) in [4.78, 5) is 15.7. The molecule has 5 heteroatoms. The standard InChI is InChI=1S/C13H13N3O2/c1-18-10-2-3-12(11(14)8-10)16-13(17)9-4-6-15-7-5-9/h2-8H,14H2,1H3,(H,16,17). The summed E-state index contributed by atoms with van der Waals surface area (Å²) < 4.78 is 5.04. The molecule has 2 aromatic rings. The molecule has 0 bridgehead atoms. The van der Waals surface area contributed by atoms with Crippen molar-refractivity contribution in [1.82, 2.24) is 4.98 Å². The van der Waals surface area contributed by atoms with Crippen LogP contribution in [0.1, 0.15) is 10.4 Å². The second-order valence-electron chi connectivity index (χ2n) is 3.64. The zero-order chi connectivity index (χ0) is 13.0. The number of nitrogens with two attached hydrogens (primary N) is 1. The first-order chi connectivity index (χ1) is 8.70. The third kappa shape index (κ3) is 2.57. The predicted molar refractivity (Wildman–Crippen MR) is 69.6 cm³/mol. The maximum atomic E-state index is 11.9. The summed E-state index contributed by atoms with van der Waals surface area (Å²) >= 11 is 0. The Balaban J connectivity index is 2.17. The van der Waals surface area contributed by atoms with Gasteiger partial charge in [0.25, 0.3) is 5.91 Å². The number of hydrogen-bond donors (Lipinski definition) is 2. The molecule has 0 aliphatic rings. The first kappa shape index (κ1) is 11.9. The Bertz CT molecular complexity index is 555. The molecule has 1 heterocycles. The van der Waals surface area contributed by atoms with Crippen LogP contribution in [0, 0.1) is 0 Å². The Morgan fingerprint density at radius 2 is 2.00 bits per heavy atom. The summed E-state index contributed by atoms with van der Waals surface area (Å²) in [6.45, 7) is 0. The lowest BCUT2D eigenvalue weighted by atomic mass is 10.2. The van der Waals surface area contributed by atoms with E-state index in [0.717, 1.165) is 0 Å². The summed E-state index contributed by atoms with van der Waals surface area (Å²) in [6, 6.07) is 8.36. The molecule has 0 saturated heterocycles. The van der Waals surface area contributed by atoms with Crippen molar-refractivity contribution in [3.63, 3.8) is 0 Å². The zero-order valence-corrected chi connectivity index (χ0v) is 9.88. The van der Waals surface area contributed by atoms with Crippen molar-refractivity contribution >= 4 is 17.3 Å². The highest BCUT2D eigenvalue weighted by molar-refractivity contribution is 6.05. The summed E-state index contributed by atoms with van der Waals surface area (Å²) in [7, 11) is 1.56. The van der Waals surface area contributed by atoms with Gasteiger partial charge in [-0.25, -0.2) is 0 Å². The van der Waals surface area contributed by atoms with Gasteiger partial charge in [-0.1, -0.05) is 0 Å². The normalized spacial score (nSPS) is 9.83. The molecule has 1 aromatic carbocycles. The number of anilines is 2. The first-order valence-electron chi connectivity index (χ1n) is 5.35. The molecule has 1 aromatic heterocycles. The number of nitrogens with one attached hydrogen (secondary N) is 1. The third-order valence-corrected chi connectivity index (χ3v) is 2.45. The highest BCUT2D eigenvalue weighted by Crippen LogP contribution is 2.24. The van der Waals surface area contributed by atoms with E-state index >= 15 is 0 Å². The van der Waals surface area contributed by atoms with Crippen LogP contribution in [0.5, 0.6) is 5.75 Å². The molecule has 0 aliphatic carbocycles. The maximum Gasteiger partial charge on any atom is 0.255 e. The highest BCUT2D eigenvalue weighted by atomic mass is 16.5. The smallest absolute Gasteiger partial charge is 0.255 e. The minimum absolute atomic E-state index is 0.228. The molecule has 3 N–H and O–H groups in total. The van der Waals surface area contributed by atoms with E-state index < -0.39 is 0 Å². The second-order valence-corrected chi connectivity index (χ2v) is 3.64. The number of nitrogens with zero attached hydrogens (tertiary/aromatic N) is 1. The number of benzene rings is 1. The Morgan fingerprint density at radius 3 is 2.61 bits per heavy atom. The highest BCUT2D eigenvalue weighted by Gasteiger charge is 2.08. The molecule has 5 nitrogen and oxygen atoms in total. The van der Waals surface area contributed by atoms with Crippen LogP contribution < -0.4 is 15.8 Å². The van der Waals surface area contributed by atoms with E-state index in [1.807, 2.05) is 0 Å². The molecule has 1 amide bonds. The van der Waals surface area contributed by atoms with Crippen LogP contribution in [-0.4, -0.2) is 18.0 Å². The number of carbonyl (C=O) groups excluding carboxylic acids is 1. The number of nitrogen functional groups attached to an aromatic ring is 1. The molecule has 18 heavy (non-hydrogen) atoms. The van der Waals surface area contributed by atoms with Crippen molar-refractivity contribution < 1.29 is 9.53 Å². The number of hydrogen-bond acceptors (Lipinski definition) is 4. The van der Waals surface area contributed by atoms with Crippen molar-refractivity contribution in [2.75, 3.05) is 18.2 Å². The van der Waals surface area contributed by atoms with Crippen molar-refractivity contribution in [3.05, 3.63) is 48.3 Å². The molecule has 92 valence electrons. The van der Waals surface area contributed by atoms with E-state index in [-0.39, 0.29) is 5.91 Å². The molecule has 0 saturated carbocycles. The van der Waals surface area contributed by atoms with Gasteiger partial charge in [0.05, 0.1) is 18.5 Å². The van der Waals surface area contributed by atoms with Crippen LogP contribution in [0.25, 0.3) is 0 Å². The van der Waals surface area contributed by atoms with Crippen molar-refractivity contribution in [3.8, 4) is 5.75 Å². The number of aromatic nitrogens is 1. The molecule has 0 radical (unpaired) electrons. The van der Waals surface area contributed by atoms with Gasteiger partial charge in [-0.15, -0.1) is 0 Å². The fourth-order valence-electron chi connectivity index (χ4n) is 1.48. The summed E-state index contributed by atoms with van der Waals surface area (Å²) in [5.74, 6) is 0.420. The average Bonchev–Trinajstić information content (AvgIpc) is 2.42. The number of rotatable bonds is 3.